The van der Waals surface area contributed by atoms with Gasteiger partial charge in [-0.05, 0) is 12.3 Å². The average Bonchev–Trinajstić information content (AvgIpc) is 2.30. The average molecular weight is 259 g/mol. The maximum atomic E-state index is 12.0. The summed E-state index contributed by atoms with van der Waals surface area (Å²) in [4.78, 5) is 23.1. The van der Waals surface area contributed by atoms with Crippen LogP contribution in [0.25, 0.3) is 0 Å². The van der Waals surface area contributed by atoms with E-state index < -0.39 is 12.0 Å². The minimum Gasteiger partial charge on any atom is -0.480 e. The van der Waals surface area contributed by atoms with Crippen LogP contribution in [0.15, 0.2) is 0 Å². The van der Waals surface area contributed by atoms with Crippen molar-refractivity contribution in [2.75, 3.05) is 13.7 Å². The van der Waals surface area contributed by atoms with Gasteiger partial charge < -0.3 is 15.2 Å². The van der Waals surface area contributed by atoms with Crippen LogP contribution < -0.4 is 5.32 Å². The predicted molar refractivity (Wildman–Crippen MR) is 69.3 cm³/mol. The van der Waals surface area contributed by atoms with Crippen LogP contribution in [0.3, 0.4) is 0 Å². The molecule has 0 fully saturated rings. The number of nitrogens with one attached hydrogen (secondary N) is 1. The molecule has 0 spiro atoms. The van der Waals surface area contributed by atoms with Gasteiger partial charge in [-0.1, -0.05) is 27.2 Å². The van der Waals surface area contributed by atoms with Crippen LogP contribution >= 0.6 is 0 Å². The molecule has 0 aliphatic rings. The molecule has 0 aliphatic heterocycles. The molecule has 106 valence electrons. The van der Waals surface area contributed by atoms with E-state index in [2.05, 4.69) is 5.32 Å². The second kappa shape index (κ2) is 8.91. The summed E-state index contributed by atoms with van der Waals surface area (Å²) in [6, 6.07) is -0.865. The van der Waals surface area contributed by atoms with Crippen LogP contribution in [0.4, 0.5) is 0 Å². The number of carbonyl (C=O) groups is 2. The van der Waals surface area contributed by atoms with E-state index in [1.54, 1.807) is 0 Å². The van der Waals surface area contributed by atoms with E-state index >= 15 is 0 Å². The Morgan fingerprint density at radius 3 is 2.28 bits per heavy atom. The molecule has 2 N–H and O–H groups in total. The zero-order valence-corrected chi connectivity index (χ0v) is 11.7. The number of carbonyl (C=O) groups excluding carboxylic acids is 1. The molecule has 0 saturated carbocycles. The molecule has 5 heteroatoms. The zero-order chi connectivity index (χ0) is 14.1. The number of hydrogen-bond acceptors (Lipinski definition) is 3. The van der Waals surface area contributed by atoms with Gasteiger partial charge >= 0.3 is 5.97 Å². The summed E-state index contributed by atoms with van der Waals surface area (Å²) in [6.45, 7) is 6.29. The summed E-state index contributed by atoms with van der Waals surface area (Å²) < 4.78 is 4.84. The molecule has 0 aromatic rings. The summed E-state index contributed by atoms with van der Waals surface area (Å²) in [5, 5.41) is 11.6. The summed E-state index contributed by atoms with van der Waals surface area (Å²) >= 11 is 0. The minimum atomic E-state index is -1.01. The first-order valence-corrected chi connectivity index (χ1v) is 6.46. The number of methoxy groups -OCH3 is 1. The number of carboxylic acid groups (broad SMARTS) is 1. The maximum absolute atomic E-state index is 12.0. The second-order valence-corrected chi connectivity index (χ2v) is 4.82. The van der Waals surface area contributed by atoms with Gasteiger partial charge in [-0.25, -0.2) is 4.79 Å². The van der Waals surface area contributed by atoms with Gasteiger partial charge in [-0.3, -0.25) is 4.79 Å². The Morgan fingerprint density at radius 2 is 1.89 bits per heavy atom. The molecule has 1 amide bonds. The van der Waals surface area contributed by atoms with E-state index in [0.717, 1.165) is 12.8 Å². The molecule has 0 aliphatic carbocycles. The SMILES string of the molecule is CCCC(C(=O)NC(CCOC)C(=O)O)C(C)C. The lowest BCUT2D eigenvalue weighted by Crippen LogP contribution is -2.45. The van der Waals surface area contributed by atoms with E-state index in [1.165, 1.54) is 7.11 Å². The fourth-order valence-electron chi connectivity index (χ4n) is 1.85. The van der Waals surface area contributed by atoms with Crippen molar-refractivity contribution in [3.8, 4) is 0 Å². The standard InChI is InChI=1S/C13H25NO4/c1-5-6-10(9(2)3)12(15)14-11(13(16)17)7-8-18-4/h9-11H,5-8H2,1-4H3,(H,14,15)(H,16,17). The van der Waals surface area contributed by atoms with Gasteiger partial charge in [-0.15, -0.1) is 0 Å². The van der Waals surface area contributed by atoms with Crippen LogP contribution in [0.2, 0.25) is 0 Å². The van der Waals surface area contributed by atoms with Crippen LogP contribution in [-0.2, 0) is 14.3 Å². The van der Waals surface area contributed by atoms with Gasteiger partial charge in [0.1, 0.15) is 6.04 Å². The molecular formula is C13H25NO4. The molecule has 0 rings (SSSR count). The van der Waals surface area contributed by atoms with Gasteiger partial charge in [-0.2, -0.15) is 0 Å². The van der Waals surface area contributed by atoms with E-state index in [-0.39, 0.29) is 24.2 Å². The van der Waals surface area contributed by atoms with Crippen molar-refractivity contribution in [1.82, 2.24) is 5.32 Å². The zero-order valence-electron chi connectivity index (χ0n) is 11.7. The Balaban J connectivity index is 4.50. The van der Waals surface area contributed by atoms with Gasteiger partial charge in [0.05, 0.1) is 0 Å². The lowest BCUT2D eigenvalue weighted by atomic mass is 9.90. The molecule has 0 heterocycles. The monoisotopic (exact) mass is 259 g/mol. The molecular weight excluding hydrogens is 234 g/mol. The summed E-state index contributed by atoms with van der Waals surface area (Å²) in [5.41, 5.74) is 0. The third-order valence-corrected chi connectivity index (χ3v) is 2.97. The van der Waals surface area contributed by atoms with E-state index in [0.29, 0.717) is 6.61 Å². The smallest absolute Gasteiger partial charge is 0.326 e. The highest BCUT2D eigenvalue weighted by Crippen LogP contribution is 2.17. The molecule has 0 radical (unpaired) electrons. The highest BCUT2D eigenvalue weighted by atomic mass is 16.5. The number of amides is 1. The summed E-state index contributed by atoms with van der Waals surface area (Å²) in [6.07, 6.45) is 1.97. The van der Waals surface area contributed by atoms with Crippen LogP contribution in [0.1, 0.15) is 40.0 Å². The Kier molecular flexibility index (Phi) is 8.37. The Morgan fingerprint density at radius 1 is 1.28 bits per heavy atom. The lowest BCUT2D eigenvalue weighted by molar-refractivity contribution is -0.143. The van der Waals surface area contributed by atoms with Gasteiger partial charge in [0, 0.05) is 26.1 Å². The Bertz CT molecular complexity index is 266. The molecule has 5 nitrogen and oxygen atoms in total. The minimum absolute atomic E-state index is 0.126. The van der Waals surface area contributed by atoms with Gasteiger partial charge in [0.2, 0.25) is 5.91 Å². The van der Waals surface area contributed by atoms with Crippen molar-refractivity contribution in [3.05, 3.63) is 0 Å². The second-order valence-electron chi connectivity index (χ2n) is 4.82. The van der Waals surface area contributed by atoms with Crippen molar-refractivity contribution in [3.63, 3.8) is 0 Å². The number of aliphatic carboxylic acids is 1. The van der Waals surface area contributed by atoms with E-state index in [9.17, 15) is 9.59 Å². The molecule has 0 aromatic carbocycles. The van der Waals surface area contributed by atoms with Crippen molar-refractivity contribution < 1.29 is 19.4 Å². The number of carboxylic acids is 1. The molecule has 0 saturated heterocycles. The first-order valence-electron chi connectivity index (χ1n) is 6.46. The Hall–Kier alpha value is -1.10. The quantitative estimate of drug-likeness (QED) is 0.660. The van der Waals surface area contributed by atoms with Gasteiger partial charge in [0.25, 0.3) is 0 Å². The molecule has 2 atom stereocenters. The Labute approximate surface area is 109 Å². The first kappa shape index (κ1) is 16.9. The summed E-state index contributed by atoms with van der Waals surface area (Å²) in [7, 11) is 1.51. The lowest BCUT2D eigenvalue weighted by Gasteiger charge is -2.22. The first-order chi connectivity index (χ1) is 8.43. The highest BCUT2D eigenvalue weighted by molar-refractivity contribution is 5.85. The fraction of sp³-hybridized carbons (Fsp3) is 0.846. The predicted octanol–water partition coefficient (Wildman–Crippen LogP) is 1.66. The number of rotatable bonds is 9. The van der Waals surface area contributed by atoms with Crippen molar-refractivity contribution >= 4 is 11.9 Å². The maximum Gasteiger partial charge on any atom is 0.326 e. The normalized spacial score (nSPS) is 14.3. The van der Waals surface area contributed by atoms with Crippen molar-refractivity contribution in [1.29, 1.82) is 0 Å². The third-order valence-electron chi connectivity index (χ3n) is 2.97. The van der Waals surface area contributed by atoms with E-state index in [1.807, 2.05) is 20.8 Å². The molecule has 0 aromatic heterocycles. The summed E-state index contributed by atoms with van der Waals surface area (Å²) in [5.74, 6) is -1.10. The van der Waals surface area contributed by atoms with E-state index in [4.69, 9.17) is 9.84 Å². The van der Waals surface area contributed by atoms with Crippen LogP contribution in [0.5, 0.6) is 0 Å². The number of ether oxygens (including phenoxy) is 1. The van der Waals surface area contributed by atoms with Crippen LogP contribution in [-0.4, -0.2) is 36.7 Å². The largest absolute Gasteiger partial charge is 0.480 e. The highest BCUT2D eigenvalue weighted by Gasteiger charge is 2.26. The third kappa shape index (κ3) is 6.00. The topological polar surface area (TPSA) is 75.6 Å². The molecule has 0 bridgehead atoms. The van der Waals surface area contributed by atoms with Crippen LogP contribution in [0, 0.1) is 11.8 Å². The fourth-order valence-corrected chi connectivity index (χ4v) is 1.85. The molecule has 18 heavy (non-hydrogen) atoms. The van der Waals surface area contributed by atoms with Gasteiger partial charge in [0.15, 0.2) is 0 Å². The molecule has 2 unspecified atom stereocenters. The number of hydrogen-bond donors (Lipinski definition) is 2. The van der Waals surface area contributed by atoms with Crippen molar-refractivity contribution in [2.24, 2.45) is 11.8 Å². The van der Waals surface area contributed by atoms with Crippen molar-refractivity contribution in [2.45, 2.75) is 46.1 Å².